The van der Waals surface area contributed by atoms with E-state index in [1.165, 1.54) is 28.8 Å². The maximum atomic E-state index is 3.72. The summed E-state index contributed by atoms with van der Waals surface area (Å²) in [6.45, 7) is 4.56. The Balaban J connectivity index is 1.74. The van der Waals surface area contributed by atoms with Crippen molar-refractivity contribution in [1.29, 1.82) is 0 Å². The molecule has 0 fully saturated rings. The maximum Gasteiger partial charge on any atom is 0.0375 e. The van der Waals surface area contributed by atoms with Crippen LogP contribution in [0.5, 0.6) is 0 Å². The van der Waals surface area contributed by atoms with E-state index in [1.54, 1.807) is 0 Å². The third kappa shape index (κ3) is 2.72. The number of rotatable bonds is 3. The maximum absolute atomic E-state index is 3.72. The first-order valence-electron chi connectivity index (χ1n) is 7.68. The first-order chi connectivity index (χ1) is 9.76. The van der Waals surface area contributed by atoms with Crippen LogP contribution in [0.1, 0.15) is 30.5 Å². The number of hydrogen-bond acceptors (Lipinski definition) is 1. The van der Waals surface area contributed by atoms with Crippen LogP contribution in [0.25, 0.3) is 0 Å². The highest BCUT2D eigenvalue weighted by molar-refractivity contribution is 5.54. The largest absolute Gasteiger partial charge is 0.381 e. The summed E-state index contributed by atoms with van der Waals surface area (Å²) in [5.74, 6) is 0.677. The van der Waals surface area contributed by atoms with Crippen LogP contribution in [-0.4, -0.2) is 6.04 Å². The normalized spacial score (nSPS) is 21.1. The smallest absolute Gasteiger partial charge is 0.0375 e. The Hall–Kier alpha value is -1.76. The van der Waals surface area contributed by atoms with E-state index >= 15 is 0 Å². The average Bonchev–Trinajstić information content (AvgIpc) is 2.49. The van der Waals surface area contributed by atoms with E-state index in [0.717, 1.165) is 12.8 Å². The van der Waals surface area contributed by atoms with Crippen LogP contribution in [0, 0.1) is 5.92 Å². The minimum absolute atomic E-state index is 0.539. The fraction of sp³-hybridized carbons (Fsp3) is 0.368. The van der Waals surface area contributed by atoms with E-state index < -0.39 is 0 Å². The molecule has 0 saturated carbocycles. The molecular formula is C19H23N. The third-order valence-electron chi connectivity index (χ3n) is 4.47. The molecular weight excluding hydrogens is 242 g/mol. The molecule has 2 unspecified atom stereocenters. The van der Waals surface area contributed by atoms with Gasteiger partial charge in [-0.25, -0.2) is 0 Å². The van der Waals surface area contributed by atoms with Gasteiger partial charge in [0, 0.05) is 11.7 Å². The molecule has 0 aliphatic carbocycles. The van der Waals surface area contributed by atoms with Crippen LogP contribution in [0.3, 0.4) is 0 Å². The molecule has 20 heavy (non-hydrogen) atoms. The molecule has 0 spiro atoms. The summed E-state index contributed by atoms with van der Waals surface area (Å²) in [4.78, 5) is 0. The Kier molecular flexibility index (Phi) is 3.77. The van der Waals surface area contributed by atoms with Crippen molar-refractivity contribution in [3.63, 3.8) is 0 Å². The minimum Gasteiger partial charge on any atom is -0.381 e. The predicted molar refractivity (Wildman–Crippen MR) is 86.2 cm³/mol. The fourth-order valence-electron chi connectivity index (χ4n) is 3.09. The highest BCUT2D eigenvalue weighted by Crippen LogP contribution is 2.29. The van der Waals surface area contributed by atoms with Crippen molar-refractivity contribution in [1.82, 2.24) is 0 Å². The monoisotopic (exact) mass is 265 g/mol. The highest BCUT2D eigenvalue weighted by atomic mass is 14.9. The Labute approximate surface area is 122 Å². The van der Waals surface area contributed by atoms with Gasteiger partial charge < -0.3 is 5.32 Å². The van der Waals surface area contributed by atoms with E-state index in [9.17, 15) is 0 Å². The highest BCUT2D eigenvalue weighted by Gasteiger charge is 2.24. The van der Waals surface area contributed by atoms with E-state index in [2.05, 4.69) is 67.7 Å². The molecule has 104 valence electrons. The molecule has 1 heterocycles. The van der Waals surface area contributed by atoms with Gasteiger partial charge in [0.25, 0.3) is 0 Å². The lowest BCUT2D eigenvalue weighted by molar-refractivity contribution is 0.462. The van der Waals surface area contributed by atoms with E-state index in [-0.39, 0.29) is 0 Å². The molecule has 3 rings (SSSR count). The molecule has 2 atom stereocenters. The van der Waals surface area contributed by atoms with Crippen molar-refractivity contribution < 1.29 is 0 Å². The van der Waals surface area contributed by atoms with Gasteiger partial charge in [0.05, 0.1) is 0 Å². The van der Waals surface area contributed by atoms with Gasteiger partial charge >= 0.3 is 0 Å². The number of benzene rings is 2. The summed E-state index contributed by atoms with van der Waals surface area (Å²) in [5, 5.41) is 3.72. The van der Waals surface area contributed by atoms with E-state index in [4.69, 9.17) is 0 Å². The molecule has 0 bridgehead atoms. The molecule has 0 saturated heterocycles. The lowest BCUT2D eigenvalue weighted by atomic mass is 9.85. The SMILES string of the molecule is CCc1ccc(CC2Nc3ccccc3CC2C)cc1. The summed E-state index contributed by atoms with van der Waals surface area (Å²) < 4.78 is 0. The Bertz CT molecular complexity index is 571. The van der Waals surface area contributed by atoms with Gasteiger partial charge in [-0.05, 0) is 47.9 Å². The number of hydrogen-bond donors (Lipinski definition) is 1. The molecule has 2 aromatic rings. The van der Waals surface area contributed by atoms with Gasteiger partial charge in [0.15, 0.2) is 0 Å². The zero-order valence-corrected chi connectivity index (χ0v) is 12.4. The quantitative estimate of drug-likeness (QED) is 0.863. The van der Waals surface area contributed by atoms with Crippen molar-refractivity contribution >= 4 is 5.69 Å². The van der Waals surface area contributed by atoms with Crippen molar-refractivity contribution in [3.05, 3.63) is 65.2 Å². The first kappa shape index (κ1) is 13.2. The molecule has 0 radical (unpaired) electrons. The molecule has 0 amide bonds. The summed E-state index contributed by atoms with van der Waals surface area (Å²) >= 11 is 0. The molecule has 2 aromatic carbocycles. The molecule has 1 nitrogen and oxygen atoms in total. The van der Waals surface area contributed by atoms with Crippen LogP contribution in [0.2, 0.25) is 0 Å². The molecule has 1 aliphatic rings. The summed E-state index contributed by atoms with van der Waals surface area (Å²) in [5.41, 5.74) is 5.63. The number of fused-ring (bicyclic) bond motifs is 1. The van der Waals surface area contributed by atoms with Crippen LogP contribution >= 0.6 is 0 Å². The van der Waals surface area contributed by atoms with E-state index in [1.807, 2.05) is 0 Å². The summed E-state index contributed by atoms with van der Waals surface area (Å²) in [6, 6.07) is 18.3. The fourth-order valence-corrected chi connectivity index (χ4v) is 3.09. The molecule has 1 N–H and O–H groups in total. The first-order valence-corrected chi connectivity index (χ1v) is 7.68. The number of para-hydroxylation sites is 1. The second kappa shape index (κ2) is 5.70. The third-order valence-corrected chi connectivity index (χ3v) is 4.47. The van der Waals surface area contributed by atoms with Gasteiger partial charge in [0.1, 0.15) is 0 Å². The lowest BCUT2D eigenvalue weighted by Gasteiger charge is -2.33. The zero-order valence-electron chi connectivity index (χ0n) is 12.4. The average molecular weight is 265 g/mol. The van der Waals surface area contributed by atoms with Gasteiger partial charge in [-0.1, -0.05) is 56.3 Å². The van der Waals surface area contributed by atoms with Crippen molar-refractivity contribution in [2.75, 3.05) is 5.32 Å². The number of anilines is 1. The molecule has 1 aliphatic heterocycles. The topological polar surface area (TPSA) is 12.0 Å². The minimum atomic E-state index is 0.539. The van der Waals surface area contributed by atoms with Crippen molar-refractivity contribution in [2.24, 2.45) is 5.92 Å². The summed E-state index contributed by atoms with van der Waals surface area (Å²) in [7, 11) is 0. The Morgan fingerprint density at radius 1 is 1.00 bits per heavy atom. The molecule has 1 heteroatoms. The Morgan fingerprint density at radius 3 is 2.45 bits per heavy atom. The Morgan fingerprint density at radius 2 is 1.70 bits per heavy atom. The van der Waals surface area contributed by atoms with Gasteiger partial charge in [-0.2, -0.15) is 0 Å². The van der Waals surface area contributed by atoms with Crippen molar-refractivity contribution in [3.8, 4) is 0 Å². The van der Waals surface area contributed by atoms with Gasteiger partial charge in [-0.15, -0.1) is 0 Å². The standard InChI is InChI=1S/C19H23N/c1-3-15-8-10-16(11-9-15)13-19-14(2)12-17-6-4-5-7-18(17)20-19/h4-11,14,19-20H,3,12-13H2,1-2H3. The number of aryl methyl sites for hydroxylation is 1. The van der Waals surface area contributed by atoms with Crippen LogP contribution in [-0.2, 0) is 19.3 Å². The van der Waals surface area contributed by atoms with Crippen LogP contribution < -0.4 is 5.32 Å². The summed E-state index contributed by atoms with van der Waals surface area (Å²) in [6.07, 6.45) is 3.41. The number of nitrogens with one attached hydrogen (secondary N) is 1. The lowest BCUT2D eigenvalue weighted by Crippen LogP contribution is -2.35. The van der Waals surface area contributed by atoms with Gasteiger partial charge in [0.2, 0.25) is 0 Å². The molecule has 0 aromatic heterocycles. The predicted octanol–water partition coefficient (Wildman–Crippen LogP) is 4.46. The van der Waals surface area contributed by atoms with Crippen LogP contribution in [0.4, 0.5) is 5.69 Å². The zero-order chi connectivity index (χ0) is 13.9. The second-order valence-electron chi connectivity index (χ2n) is 5.96. The second-order valence-corrected chi connectivity index (χ2v) is 5.96. The van der Waals surface area contributed by atoms with Gasteiger partial charge in [-0.3, -0.25) is 0 Å². The van der Waals surface area contributed by atoms with E-state index in [0.29, 0.717) is 12.0 Å². The van der Waals surface area contributed by atoms with Crippen molar-refractivity contribution in [2.45, 2.75) is 39.2 Å². The van der Waals surface area contributed by atoms with Crippen LogP contribution in [0.15, 0.2) is 48.5 Å².